The minimum atomic E-state index is -0.494. The molecule has 1 aliphatic heterocycles. The first-order chi connectivity index (χ1) is 16.4. The van der Waals surface area contributed by atoms with E-state index in [-0.39, 0.29) is 11.9 Å². The maximum atomic E-state index is 11.8. The van der Waals surface area contributed by atoms with E-state index in [1.807, 2.05) is 25.5 Å². The van der Waals surface area contributed by atoms with Crippen molar-refractivity contribution < 1.29 is 9.53 Å². The molecule has 3 aromatic heterocycles. The van der Waals surface area contributed by atoms with Gasteiger partial charge in [-0.2, -0.15) is 15.5 Å². The number of ether oxygens (including phenoxy) is 1. The molecule has 1 saturated heterocycles. The molecule has 0 aliphatic carbocycles. The third-order valence-corrected chi connectivity index (χ3v) is 5.54. The summed E-state index contributed by atoms with van der Waals surface area (Å²) in [6.07, 6.45) is 6.89. The van der Waals surface area contributed by atoms with Gasteiger partial charge in [0.2, 0.25) is 0 Å². The summed E-state index contributed by atoms with van der Waals surface area (Å²) < 4.78 is 7.72. The molecular formula is C23H21ClN8O2. The molecule has 34 heavy (non-hydrogen) atoms. The number of rotatable bonds is 5. The lowest BCUT2D eigenvalue weighted by Gasteiger charge is -2.08. The predicted octanol–water partition coefficient (Wildman–Crippen LogP) is 3.94. The Bertz CT molecular complexity index is 1450. The van der Waals surface area contributed by atoms with Crippen LogP contribution in [0.3, 0.4) is 0 Å². The molecule has 11 heteroatoms. The van der Waals surface area contributed by atoms with Crippen LogP contribution >= 0.6 is 11.6 Å². The number of aliphatic imine (C=N–C) groups is 1. The molecule has 1 atom stereocenters. The van der Waals surface area contributed by atoms with E-state index in [0.29, 0.717) is 22.0 Å². The number of aromatic amines is 1. The first-order valence-corrected chi connectivity index (χ1v) is 10.7. The van der Waals surface area contributed by atoms with Gasteiger partial charge in [-0.3, -0.25) is 14.9 Å². The summed E-state index contributed by atoms with van der Waals surface area (Å²) >= 11 is 6.36. The maximum absolute atomic E-state index is 11.8. The molecule has 4 heterocycles. The van der Waals surface area contributed by atoms with Gasteiger partial charge >= 0.3 is 6.02 Å². The van der Waals surface area contributed by atoms with Gasteiger partial charge in [0.15, 0.2) is 6.23 Å². The summed E-state index contributed by atoms with van der Waals surface area (Å²) in [6, 6.07) is 7.32. The van der Waals surface area contributed by atoms with Crippen LogP contribution in [-0.2, 0) is 16.6 Å². The molecular weight excluding hydrogens is 456 g/mol. The monoisotopic (exact) mass is 476 g/mol. The first kappa shape index (κ1) is 21.7. The normalized spacial score (nSPS) is 16.4. The number of halogens is 1. The standard InChI is InChI=1S/C23H21ClN8O2/c1-12(2)21(33)28-15-4-5-19(18(24)7-15)29-23-31-30-22(34-23)17-10-26-20-16(17)6-13(8-25-20)14-9-27-32(3)11-14/h4-11,22,30H,1H2,2-3H3,(H,25,26)(H,28,33)(H,29,31). The topological polar surface area (TPSA) is 121 Å². The number of nitrogens with one attached hydrogen (secondary N) is 4. The number of hydrogen-bond donors (Lipinski definition) is 4. The lowest BCUT2D eigenvalue weighted by molar-refractivity contribution is -0.112. The molecule has 0 spiro atoms. The van der Waals surface area contributed by atoms with Gasteiger partial charge in [-0.25, -0.2) is 4.98 Å². The van der Waals surface area contributed by atoms with Crippen LogP contribution in [0.4, 0.5) is 11.4 Å². The summed E-state index contributed by atoms with van der Waals surface area (Å²) in [4.78, 5) is 23.9. The van der Waals surface area contributed by atoms with Crippen molar-refractivity contribution in [1.82, 2.24) is 30.6 Å². The van der Waals surface area contributed by atoms with Gasteiger partial charge in [-0.05, 0) is 31.2 Å². The zero-order valence-electron chi connectivity index (χ0n) is 18.4. The highest BCUT2D eigenvalue weighted by Crippen LogP contribution is 2.31. The SMILES string of the molecule is C=C(C)C(=O)Nc1ccc(N=C2NNC(c3c[nH]c4ncc(-c5cnn(C)c5)cc34)O2)c(Cl)c1. The van der Waals surface area contributed by atoms with E-state index < -0.39 is 6.23 Å². The van der Waals surface area contributed by atoms with E-state index in [1.54, 1.807) is 42.2 Å². The lowest BCUT2D eigenvalue weighted by atomic mass is 10.1. The van der Waals surface area contributed by atoms with E-state index in [1.165, 1.54) is 0 Å². The zero-order valence-corrected chi connectivity index (χ0v) is 19.1. The smallest absolute Gasteiger partial charge is 0.306 e. The number of aromatic nitrogens is 4. The zero-order chi connectivity index (χ0) is 23.8. The van der Waals surface area contributed by atoms with Crippen molar-refractivity contribution >= 4 is 45.9 Å². The molecule has 4 N–H and O–H groups in total. The van der Waals surface area contributed by atoms with Crippen LogP contribution in [0.2, 0.25) is 5.02 Å². The van der Waals surface area contributed by atoms with E-state index in [0.717, 1.165) is 27.7 Å². The Balaban J connectivity index is 1.36. The highest BCUT2D eigenvalue weighted by atomic mass is 35.5. The Morgan fingerprint density at radius 1 is 1.29 bits per heavy atom. The van der Waals surface area contributed by atoms with Crippen LogP contribution in [0.1, 0.15) is 18.7 Å². The lowest BCUT2D eigenvalue weighted by Crippen LogP contribution is -2.27. The molecule has 4 aromatic rings. The second-order valence-corrected chi connectivity index (χ2v) is 8.26. The van der Waals surface area contributed by atoms with Crippen molar-refractivity contribution in [2.24, 2.45) is 12.0 Å². The number of carbonyl (C=O) groups is 1. The number of benzene rings is 1. The van der Waals surface area contributed by atoms with Crippen LogP contribution in [0, 0.1) is 0 Å². The van der Waals surface area contributed by atoms with Crippen LogP contribution in [-0.4, -0.2) is 31.7 Å². The minimum Gasteiger partial charge on any atom is -0.439 e. The largest absolute Gasteiger partial charge is 0.439 e. The Morgan fingerprint density at radius 2 is 2.15 bits per heavy atom. The minimum absolute atomic E-state index is 0.261. The van der Waals surface area contributed by atoms with Gasteiger partial charge in [0.05, 0.1) is 16.9 Å². The summed E-state index contributed by atoms with van der Waals surface area (Å²) in [7, 11) is 1.87. The van der Waals surface area contributed by atoms with Crippen LogP contribution in [0.5, 0.6) is 0 Å². The quantitative estimate of drug-likeness (QED) is 0.324. The third-order valence-electron chi connectivity index (χ3n) is 5.24. The average molecular weight is 477 g/mol. The third kappa shape index (κ3) is 4.24. The fraction of sp³-hybridized carbons (Fsp3) is 0.130. The number of nitrogens with zero attached hydrogens (tertiary/aromatic N) is 4. The highest BCUT2D eigenvalue weighted by molar-refractivity contribution is 6.33. The summed E-state index contributed by atoms with van der Waals surface area (Å²) in [5.41, 5.74) is 11.0. The van der Waals surface area contributed by atoms with Gasteiger partial charge in [-0.1, -0.05) is 18.2 Å². The molecule has 5 rings (SSSR count). The van der Waals surface area contributed by atoms with Gasteiger partial charge in [0.25, 0.3) is 5.91 Å². The van der Waals surface area contributed by atoms with Gasteiger partial charge in [0, 0.05) is 59.0 Å². The second kappa shape index (κ2) is 8.65. The van der Waals surface area contributed by atoms with Crippen LogP contribution in [0.15, 0.2) is 66.2 Å². The van der Waals surface area contributed by atoms with Crippen molar-refractivity contribution in [2.45, 2.75) is 13.2 Å². The molecule has 0 saturated carbocycles. The second-order valence-electron chi connectivity index (χ2n) is 7.85. The van der Waals surface area contributed by atoms with E-state index in [9.17, 15) is 4.79 Å². The Labute approximate surface area is 199 Å². The van der Waals surface area contributed by atoms with Gasteiger partial charge in [0.1, 0.15) is 5.65 Å². The summed E-state index contributed by atoms with van der Waals surface area (Å²) in [6.45, 7) is 5.25. The molecule has 1 fully saturated rings. The van der Waals surface area contributed by atoms with Crippen molar-refractivity contribution in [3.05, 3.63) is 71.8 Å². The van der Waals surface area contributed by atoms with Crippen molar-refractivity contribution in [2.75, 3.05) is 5.32 Å². The summed E-state index contributed by atoms with van der Waals surface area (Å²) in [5.74, 6) is -0.275. The van der Waals surface area contributed by atoms with Crippen LogP contribution in [0.25, 0.3) is 22.2 Å². The number of anilines is 1. The van der Waals surface area contributed by atoms with Crippen molar-refractivity contribution in [3.8, 4) is 11.1 Å². The number of amides is 1. The highest BCUT2D eigenvalue weighted by Gasteiger charge is 2.26. The number of aryl methyl sites for hydroxylation is 1. The fourth-order valence-corrected chi connectivity index (χ4v) is 3.71. The van der Waals surface area contributed by atoms with E-state index in [2.05, 4.69) is 42.8 Å². The molecule has 10 nitrogen and oxygen atoms in total. The van der Waals surface area contributed by atoms with E-state index in [4.69, 9.17) is 16.3 Å². The number of pyridine rings is 1. The predicted molar refractivity (Wildman–Crippen MR) is 130 cm³/mol. The van der Waals surface area contributed by atoms with E-state index >= 15 is 0 Å². The van der Waals surface area contributed by atoms with Gasteiger partial charge in [-0.15, -0.1) is 0 Å². The molecule has 0 radical (unpaired) electrons. The number of fused-ring (bicyclic) bond motifs is 1. The number of H-pyrrole nitrogens is 1. The molecule has 172 valence electrons. The Kier molecular flexibility index (Phi) is 5.52. The Hall–Kier alpha value is -4.15. The fourth-order valence-electron chi connectivity index (χ4n) is 3.48. The number of carbonyl (C=O) groups excluding carboxylic acids is 1. The van der Waals surface area contributed by atoms with Crippen molar-refractivity contribution in [3.63, 3.8) is 0 Å². The average Bonchev–Trinajstić information content (AvgIpc) is 3.54. The number of hydrogen-bond acceptors (Lipinski definition) is 6. The molecule has 1 amide bonds. The maximum Gasteiger partial charge on any atom is 0.306 e. The number of hydrazine groups is 1. The molecule has 1 aromatic carbocycles. The van der Waals surface area contributed by atoms with Crippen LogP contribution < -0.4 is 16.2 Å². The van der Waals surface area contributed by atoms with Gasteiger partial charge < -0.3 is 15.0 Å². The molecule has 1 unspecified atom stereocenters. The Morgan fingerprint density at radius 3 is 2.88 bits per heavy atom. The molecule has 1 aliphatic rings. The number of amidine groups is 1. The first-order valence-electron chi connectivity index (χ1n) is 10.4. The van der Waals surface area contributed by atoms with Crippen molar-refractivity contribution in [1.29, 1.82) is 0 Å². The summed E-state index contributed by atoms with van der Waals surface area (Å²) in [5, 5.41) is 8.22. The molecule has 0 bridgehead atoms.